The number of hydrogen-bond acceptors (Lipinski definition) is 4. The van der Waals surface area contributed by atoms with E-state index in [2.05, 4.69) is 48.1 Å². The number of benzene rings is 1. The molecule has 0 saturated carbocycles. The zero-order valence-corrected chi connectivity index (χ0v) is 12.0. The molecule has 2 aromatic rings. The average Bonchev–Trinajstić information content (AvgIpc) is 2.82. The lowest BCUT2D eigenvalue weighted by atomic mass is 10.2. The van der Waals surface area contributed by atoms with Crippen molar-refractivity contribution < 1.29 is 5.11 Å². The van der Waals surface area contributed by atoms with E-state index in [1.54, 1.807) is 17.1 Å². The summed E-state index contributed by atoms with van der Waals surface area (Å²) >= 11 is 0. The van der Waals surface area contributed by atoms with Crippen molar-refractivity contribution in [3.63, 3.8) is 0 Å². The molecule has 1 atom stereocenters. The van der Waals surface area contributed by atoms with Crippen LogP contribution in [0.2, 0.25) is 0 Å². The minimum Gasteiger partial charge on any atom is -0.396 e. The fraction of sp³-hybridized carbons (Fsp3) is 0.400. The smallest absolute Gasteiger partial charge is 0.0910 e. The molecule has 0 amide bonds. The number of hydrogen-bond donors (Lipinski definition) is 2. The summed E-state index contributed by atoms with van der Waals surface area (Å²) in [4.78, 5) is 2.15. The zero-order valence-electron chi connectivity index (χ0n) is 12.0. The minimum atomic E-state index is -0.490. The Morgan fingerprint density at radius 1 is 1.35 bits per heavy atom. The van der Waals surface area contributed by atoms with Gasteiger partial charge in [0.2, 0.25) is 0 Å². The molecule has 5 heteroatoms. The van der Waals surface area contributed by atoms with Crippen molar-refractivity contribution in [3.8, 4) is 0 Å². The van der Waals surface area contributed by atoms with Gasteiger partial charge in [0, 0.05) is 25.0 Å². The van der Waals surface area contributed by atoms with Crippen LogP contribution in [0.3, 0.4) is 0 Å². The molecule has 2 rings (SSSR count). The van der Waals surface area contributed by atoms with Crippen LogP contribution in [0.5, 0.6) is 0 Å². The fourth-order valence-electron chi connectivity index (χ4n) is 2.18. The summed E-state index contributed by atoms with van der Waals surface area (Å²) in [5.41, 5.74) is 8.58. The maximum Gasteiger partial charge on any atom is 0.0910 e. The number of likely N-dealkylation sites (N-methyl/N-ethyl adjacent to an activating group) is 1. The minimum absolute atomic E-state index is 0.444. The second-order valence-corrected chi connectivity index (χ2v) is 5.02. The fourth-order valence-corrected chi connectivity index (χ4v) is 2.18. The van der Waals surface area contributed by atoms with Crippen molar-refractivity contribution in [3.05, 3.63) is 42.2 Å². The SMILES string of the molecule is CCN(CC(O)Cn1cc(N)cn1)c1ccc(C)cc1. The third kappa shape index (κ3) is 3.74. The van der Waals surface area contributed by atoms with Gasteiger partial charge in [-0.25, -0.2) is 0 Å². The molecule has 1 aromatic heterocycles. The number of nitrogens with zero attached hydrogens (tertiary/aromatic N) is 3. The summed E-state index contributed by atoms with van der Waals surface area (Å²) in [6.45, 7) is 6.01. The van der Waals surface area contributed by atoms with Gasteiger partial charge < -0.3 is 15.7 Å². The lowest BCUT2D eigenvalue weighted by molar-refractivity contribution is 0.154. The van der Waals surface area contributed by atoms with Gasteiger partial charge in [0.1, 0.15) is 0 Å². The first-order chi connectivity index (χ1) is 9.58. The Kier molecular flexibility index (Phi) is 4.63. The number of aliphatic hydroxyl groups is 1. The lowest BCUT2D eigenvalue weighted by Gasteiger charge is -2.26. The number of aliphatic hydroxyl groups excluding tert-OH is 1. The Morgan fingerprint density at radius 2 is 2.05 bits per heavy atom. The van der Waals surface area contributed by atoms with Gasteiger partial charge in [-0.1, -0.05) is 17.7 Å². The van der Waals surface area contributed by atoms with E-state index in [-0.39, 0.29) is 0 Å². The van der Waals surface area contributed by atoms with Gasteiger partial charge in [-0.2, -0.15) is 5.10 Å². The van der Waals surface area contributed by atoms with Crippen LogP contribution < -0.4 is 10.6 Å². The highest BCUT2D eigenvalue weighted by Gasteiger charge is 2.12. The molecule has 1 aromatic carbocycles. The highest BCUT2D eigenvalue weighted by molar-refractivity contribution is 5.47. The van der Waals surface area contributed by atoms with Crippen LogP contribution in [0.15, 0.2) is 36.7 Å². The van der Waals surface area contributed by atoms with Crippen molar-refractivity contribution in [1.82, 2.24) is 9.78 Å². The predicted molar refractivity (Wildman–Crippen MR) is 81.7 cm³/mol. The van der Waals surface area contributed by atoms with E-state index < -0.39 is 6.10 Å². The Hall–Kier alpha value is -2.01. The van der Waals surface area contributed by atoms with Gasteiger partial charge in [-0.15, -0.1) is 0 Å². The maximum absolute atomic E-state index is 10.2. The van der Waals surface area contributed by atoms with Crippen molar-refractivity contribution in [2.24, 2.45) is 0 Å². The molecule has 1 heterocycles. The van der Waals surface area contributed by atoms with E-state index in [4.69, 9.17) is 5.73 Å². The van der Waals surface area contributed by atoms with Gasteiger partial charge in [0.25, 0.3) is 0 Å². The van der Waals surface area contributed by atoms with E-state index in [9.17, 15) is 5.11 Å². The van der Waals surface area contributed by atoms with Crippen LogP contribution in [0.4, 0.5) is 11.4 Å². The topological polar surface area (TPSA) is 67.3 Å². The molecular formula is C15H22N4O. The molecule has 20 heavy (non-hydrogen) atoms. The van der Waals surface area contributed by atoms with Crippen LogP contribution in [0.25, 0.3) is 0 Å². The summed E-state index contributed by atoms with van der Waals surface area (Å²) in [5, 5.41) is 14.3. The summed E-state index contributed by atoms with van der Waals surface area (Å²) < 4.78 is 1.67. The quantitative estimate of drug-likeness (QED) is 0.840. The number of nitrogen functional groups attached to an aromatic ring is 1. The number of aryl methyl sites for hydroxylation is 1. The summed E-state index contributed by atoms with van der Waals surface area (Å²) in [5.74, 6) is 0. The predicted octanol–water partition coefficient (Wildman–Crippen LogP) is 1.66. The first-order valence-corrected chi connectivity index (χ1v) is 6.86. The molecule has 0 bridgehead atoms. The van der Waals surface area contributed by atoms with E-state index in [1.807, 2.05) is 0 Å². The Morgan fingerprint density at radius 3 is 2.60 bits per heavy atom. The molecule has 0 fully saturated rings. The standard InChI is InChI=1S/C15H22N4O/c1-3-18(14-6-4-12(2)5-7-14)10-15(20)11-19-9-13(16)8-17-19/h4-9,15,20H,3,10-11,16H2,1-2H3. The van der Waals surface area contributed by atoms with E-state index in [0.717, 1.165) is 12.2 Å². The van der Waals surface area contributed by atoms with Crippen LogP contribution in [-0.4, -0.2) is 34.1 Å². The largest absolute Gasteiger partial charge is 0.396 e. The third-order valence-electron chi connectivity index (χ3n) is 3.26. The maximum atomic E-state index is 10.2. The molecule has 5 nitrogen and oxygen atoms in total. The van der Waals surface area contributed by atoms with Gasteiger partial charge in [0.15, 0.2) is 0 Å². The Bertz CT molecular complexity index is 535. The van der Waals surface area contributed by atoms with Gasteiger partial charge in [-0.3, -0.25) is 4.68 Å². The number of anilines is 2. The summed E-state index contributed by atoms with van der Waals surface area (Å²) in [7, 11) is 0. The van der Waals surface area contributed by atoms with Crippen LogP contribution in [-0.2, 0) is 6.54 Å². The molecule has 3 N–H and O–H groups in total. The molecule has 0 spiro atoms. The molecule has 0 saturated heterocycles. The molecular weight excluding hydrogens is 252 g/mol. The number of aromatic nitrogens is 2. The van der Waals surface area contributed by atoms with Gasteiger partial charge in [0.05, 0.1) is 24.5 Å². The van der Waals surface area contributed by atoms with Crippen LogP contribution >= 0.6 is 0 Å². The number of rotatable bonds is 6. The van der Waals surface area contributed by atoms with Crippen molar-refractivity contribution in [1.29, 1.82) is 0 Å². The van der Waals surface area contributed by atoms with Crippen molar-refractivity contribution >= 4 is 11.4 Å². The monoisotopic (exact) mass is 274 g/mol. The van der Waals surface area contributed by atoms with Crippen molar-refractivity contribution in [2.45, 2.75) is 26.5 Å². The van der Waals surface area contributed by atoms with Gasteiger partial charge >= 0.3 is 0 Å². The van der Waals surface area contributed by atoms with E-state index >= 15 is 0 Å². The highest BCUT2D eigenvalue weighted by atomic mass is 16.3. The van der Waals surface area contributed by atoms with Gasteiger partial charge in [-0.05, 0) is 26.0 Å². The first kappa shape index (κ1) is 14.4. The lowest BCUT2D eigenvalue weighted by Crippen LogP contribution is -2.34. The summed E-state index contributed by atoms with van der Waals surface area (Å²) in [6.07, 6.45) is 2.82. The van der Waals surface area contributed by atoms with E-state index in [1.165, 1.54) is 5.56 Å². The molecule has 108 valence electrons. The molecule has 0 radical (unpaired) electrons. The molecule has 0 aliphatic rings. The molecule has 0 aliphatic heterocycles. The second kappa shape index (κ2) is 6.43. The van der Waals surface area contributed by atoms with Crippen molar-refractivity contribution in [2.75, 3.05) is 23.7 Å². The molecule has 0 aliphatic carbocycles. The Labute approximate surface area is 119 Å². The zero-order chi connectivity index (χ0) is 14.5. The average molecular weight is 274 g/mol. The second-order valence-electron chi connectivity index (χ2n) is 5.02. The van der Waals surface area contributed by atoms with Crippen LogP contribution in [0, 0.1) is 6.92 Å². The first-order valence-electron chi connectivity index (χ1n) is 6.86. The molecule has 1 unspecified atom stereocenters. The number of nitrogens with two attached hydrogens (primary N) is 1. The Balaban J connectivity index is 1.97. The van der Waals surface area contributed by atoms with E-state index in [0.29, 0.717) is 18.8 Å². The summed E-state index contributed by atoms with van der Waals surface area (Å²) in [6, 6.07) is 8.33. The third-order valence-corrected chi connectivity index (χ3v) is 3.26. The normalized spacial score (nSPS) is 12.3. The van der Waals surface area contributed by atoms with Crippen LogP contribution in [0.1, 0.15) is 12.5 Å². The highest BCUT2D eigenvalue weighted by Crippen LogP contribution is 2.15.